The van der Waals surface area contributed by atoms with E-state index < -0.39 is 0 Å². The lowest BCUT2D eigenvalue weighted by atomic mass is 10.1. The van der Waals surface area contributed by atoms with Gasteiger partial charge in [0.15, 0.2) is 5.78 Å². The molecule has 6 heteroatoms. The van der Waals surface area contributed by atoms with E-state index in [-0.39, 0.29) is 17.7 Å². The van der Waals surface area contributed by atoms with Crippen molar-refractivity contribution in [3.8, 4) is 5.75 Å². The van der Waals surface area contributed by atoms with Gasteiger partial charge >= 0.3 is 5.97 Å². The van der Waals surface area contributed by atoms with Crippen molar-refractivity contribution in [1.82, 2.24) is 5.32 Å². The number of Topliss-reactive ketones (excluding diaryl/α,β-unsaturated/α-hetero) is 1. The molecule has 0 aromatic heterocycles. The number of ether oxygens (including phenoxy) is 2. The van der Waals surface area contributed by atoms with Crippen LogP contribution in [0.5, 0.6) is 5.75 Å². The molecule has 1 amide bonds. The monoisotopic (exact) mass is 369 g/mol. The minimum atomic E-state index is -0.387. The van der Waals surface area contributed by atoms with Crippen molar-refractivity contribution in [1.29, 1.82) is 0 Å². The van der Waals surface area contributed by atoms with E-state index in [1.54, 1.807) is 48.5 Å². The molecule has 0 fully saturated rings. The molecular formula is C21H23NO5. The second kappa shape index (κ2) is 10.1. The zero-order valence-electron chi connectivity index (χ0n) is 15.5. The van der Waals surface area contributed by atoms with Gasteiger partial charge in [0.2, 0.25) is 5.91 Å². The van der Waals surface area contributed by atoms with Crippen molar-refractivity contribution < 1.29 is 23.9 Å². The maximum atomic E-state index is 11.9. The molecule has 0 radical (unpaired) electrons. The van der Waals surface area contributed by atoms with Gasteiger partial charge in [-0.05, 0) is 55.3 Å². The van der Waals surface area contributed by atoms with E-state index in [9.17, 15) is 14.4 Å². The molecule has 142 valence electrons. The molecule has 2 aromatic carbocycles. The largest absolute Gasteiger partial charge is 0.494 e. The van der Waals surface area contributed by atoms with Crippen molar-refractivity contribution in [2.75, 3.05) is 13.7 Å². The number of benzene rings is 2. The Kier molecular flexibility index (Phi) is 7.55. The molecule has 0 aliphatic heterocycles. The fraction of sp³-hybridized carbons (Fsp3) is 0.286. The van der Waals surface area contributed by atoms with E-state index in [1.807, 2.05) is 0 Å². The van der Waals surface area contributed by atoms with Gasteiger partial charge in [-0.3, -0.25) is 9.59 Å². The molecule has 1 N–H and O–H groups in total. The first-order chi connectivity index (χ1) is 13.0. The molecule has 0 aliphatic rings. The normalized spacial score (nSPS) is 10.1. The highest BCUT2D eigenvalue weighted by Crippen LogP contribution is 2.13. The van der Waals surface area contributed by atoms with Gasteiger partial charge in [0.25, 0.3) is 0 Å². The van der Waals surface area contributed by atoms with Crippen molar-refractivity contribution in [2.24, 2.45) is 0 Å². The van der Waals surface area contributed by atoms with Crippen LogP contribution in [-0.2, 0) is 16.1 Å². The van der Waals surface area contributed by atoms with Gasteiger partial charge in [0, 0.05) is 18.5 Å². The molecule has 0 atom stereocenters. The Labute approximate surface area is 158 Å². The predicted octanol–water partition coefficient (Wildman–Crippen LogP) is 3.15. The smallest absolute Gasteiger partial charge is 0.337 e. The number of esters is 1. The molecule has 2 rings (SSSR count). The Morgan fingerprint density at radius 1 is 0.926 bits per heavy atom. The maximum absolute atomic E-state index is 11.9. The van der Waals surface area contributed by atoms with E-state index in [2.05, 4.69) is 10.1 Å². The van der Waals surface area contributed by atoms with Gasteiger partial charge in [-0.15, -0.1) is 0 Å². The fourth-order valence-electron chi connectivity index (χ4n) is 2.37. The number of carbonyl (C=O) groups excluding carboxylic acids is 3. The van der Waals surface area contributed by atoms with Crippen LogP contribution in [0.3, 0.4) is 0 Å². The first-order valence-corrected chi connectivity index (χ1v) is 8.67. The number of rotatable bonds is 9. The summed E-state index contributed by atoms with van der Waals surface area (Å²) < 4.78 is 10.2. The third kappa shape index (κ3) is 6.58. The number of nitrogens with one attached hydrogen (secondary N) is 1. The Morgan fingerprint density at radius 3 is 2.15 bits per heavy atom. The number of methoxy groups -OCH3 is 1. The van der Waals surface area contributed by atoms with Crippen LogP contribution in [0.25, 0.3) is 0 Å². The highest BCUT2D eigenvalue weighted by molar-refractivity contribution is 5.94. The molecule has 0 spiro atoms. The number of hydrogen-bond acceptors (Lipinski definition) is 5. The van der Waals surface area contributed by atoms with Gasteiger partial charge < -0.3 is 14.8 Å². The third-order valence-corrected chi connectivity index (χ3v) is 3.94. The van der Waals surface area contributed by atoms with E-state index >= 15 is 0 Å². The van der Waals surface area contributed by atoms with Gasteiger partial charge in [-0.25, -0.2) is 4.79 Å². The van der Waals surface area contributed by atoms with Crippen LogP contribution in [0, 0.1) is 0 Å². The zero-order chi connectivity index (χ0) is 19.6. The summed E-state index contributed by atoms with van der Waals surface area (Å²) in [7, 11) is 1.33. The zero-order valence-corrected chi connectivity index (χ0v) is 15.5. The predicted molar refractivity (Wildman–Crippen MR) is 101 cm³/mol. The molecule has 0 unspecified atom stereocenters. The summed E-state index contributed by atoms with van der Waals surface area (Å²) in [5.41, 5.74) is 2.01. The van der Waals surface area contributed by atoms with Crippen LogP contribution < -0.4 is 10.1 Å². The quantitative estimate of drug-likeness (QED) is 0.417. The van der Waals surface area contributed by atoms with Crippen LogP contribution >= 0.6 is 0 Å². The van der Waals surface area contributed by atoms with E-state index in [4.69, 9.17) is 4.74 Å². The number of ketones is 1. The Balaban J connectivity index is 1.66. The third-order valence-electron chi connectivity index (χ3n) is 3.94. The standard InChI is InChI=1S/C21H23NO5/c1-15(23)17-9-11-19(12-10-17)27-13-3-4-20(24)22-14-16-5-7-18(8-6-16)21(25)26-2/h5-12H,3-4,13-14H2,1-2H3,(H,22,24). The Bertz CT molecular complexity index is 781. The summed E-state index contributed by atoms with van der Waals surface area (Å²) in [5, 5.41) is 2.83. The molecule has 27 heavy (non-hydrogen) atoms. The summed E-state index contributed by atoms with van der Waals surface area (Å²) in [6.07, 6.45) is 0.938. The average Bonchev–Trinajstić information content (AvgIpc) is 2.69. The number of carbonyl (C=O) groups is 3. The lowest BCUT2D eigenvalue weighted by molar-refractivity contribution is -0.121. The van der Waals surface area contributed by atoms with Crippen LogP contribution in [0.2, 0.25) is 0 Å². The first kappa shape index (κ1) is 20.2. The highest BCUT2D eigenvalue weighted by Gasteiger charge is 2.06. The lowest BCUT2D eigenvalue weighted by Gasteiger charge is -2.08. The van der Waals surface area contributed by atoms with Crippen LogP contribution in [-0.4, -0.2) is 31.4 Å². The van der Waals surface area contributed by atoms with Crippen molar-refractivity contribution in [3.05, 3.63) is 65.2 Å². The molecule has 0 saturated heterocycles. The van der Waals surface area contributed by atoms with Crippen LogP contribution in [0.4, 0.5) is 0 Å². The van der Waals surface area contributed by atoms with Crippen LogP contribution in [0.15, 0.2) is 48.5 Å². The minimum absolute atomic E-state index is 0.0122. The van der Waals surface area contributed by atoms with E-state index in [0.717, 1.165) is 5.56 Å². The summed E-state index contributed by atoms with van der Waals surface area (Å²) in [6, 6.07) is 13.8. The molecule has 0 bridgehead atoms. The molecule has 2 aromatic rings. The van der Waals surface area contributed by atoms with Crippen LogP contribution in [0.1, 0.15) is 46.0 Å². The topological polar surface area (TPSA) is 81.7 Å². The van der Waals surface area contributed by atoms with Gasteiger partial charge in [-0.1, -0.05) is 12.1 Å². The van der Waals surface area contributed by atoms with E-state index in [1.165, 1.54) is 14.0 Å². The second-order valence-electron chi connectivity index (χ2n) is 6.00. The SMILES string of the molecule is COC(=O)c1ccc(CNC(=O)CCCOc2ccc(C(C)=O)cc2)cc1. The summed E-state index contributed by atoms with van der Waals surface area (Å²) in [4.78, 5) is 34.5. The van der Waals surface area contributed by atoms with Crippen molar-refractivity contribution >= 4 is 17.7 Å². The lowest BCUT2D eigenvalue weighted by Crippen LogP contribution is -2.23. The Morgan fingerprint density at radius 2 is 1.56 bits per heavy atom. The van der Waals surface area contributed by atoms with E-state index in [0.29, 0.717) is 42.9 Å². The van der Waals surface area contributed by atoms with Crippen molar-refractivity contribution in [2.45, 2.75) is 26.3 Å². The molecule has 6 nitrogen and oxygen atoms in total. The van der Waals surface area contributed by atoms with Gasteiger partial charge in [0.05, 0.1) is 19.3 Å². The highest BCUT2D eigenvalue weighted by atomic mass is 16.5. The summed E-state index contributed by atoms with van der Waals surface area (Å²) in [5.74, 6) is 0.230. The van der Waals surface area contributed by atoms with Gasteiger partial charge in [0.1, 0.15) is 5.75 Å². The fourth-order valence-corrected chi connectivity index (χ4v) is 2.37. The summed E-state index contributed by atoms with van der Waals surface area (Å²) >= 11 is 0. The minimum Gasteiger partial charge on any atom is -0.494 e. The summed E-state index contributed by atoms with van der Waals surface area (Å²) in [6.45, 7) is 2.33. The maximum Gasteiger partial charge on any atom is 0.337 e. The van der Waals surface area contributed by atoms with Crippen molar-refractivity contribution in [3.63, 3.8) is 0 Å². The molecule has 0 saturated carbocycles. The Hall–Kier alpha value is -3.15. The first-order valence-electron chi connectivity index (χ1n) is 8.67. The second-order valence-corrected chi connectivity index (χ2v) is 6.00. The average molecular weight is 369 g/mol. The number of hydrogen-bond donors (Lipinski definition) is 1. The molecule has 0 aliphatic carbocycles. The van der Waals surface area contributed by atoms with Gasteiger partial charge in [-0.2, -0.15) is 0 Å². The molecule has 0 heterocycles. The number of amides is 1. The molecular weight excluding hydrogens is 346 g/mol.